The Morgan fingerprint density at radius 1 is 1.38 bits per heavy atom. The lowest BCUT2D eigenvalue weighted by atomic mass is 10.0. The van der Waals surface area contributed by atoms with Crippen LogP contribution in [0.25, 0.3) is 0 Å². The molecule has 0 spiro atoms. The van der Waals surface area contributed by atoms with Crippen molar-refractivity contribution in [3.8, 4) is 0 Å². The number of nitrogens with zero attached hydrogens (tertiary/aromatic N) is 3. The Kier molecular flexibility index (Phi) is 5.43. The molecule has 1 aromatic heterocycles. The van der Waals surface area contributed by atoms with E-state index in [1.165, 1.54) is 6.92 Å². The van der Waals surface area contributed by atoms with E-state index in [1.807, 2.05) is 19.2 Å². The van der Waals surface area contributed by atoms with Crippen LogP contribution < -0.4 is 9.62 Å². The van der Waals surface area contributed by atoms with E-state index in [-0.39, 0.29) is 16.7 Å². The molecule has 3 rings (SSSR count). The Balaban J connectivity index is 1.70. The van der Waals surface area contributed by atoms with Gasteiger partial charge < -0.3 is 4.90 Å². The van der Waals surface area contributed by atoms with Gasteiger partial charge in [-0.05, 0) is 48.6 Å². The number of aryl methyl sites for hydroxylation is 1. The number of fused-ring (bicyclic) bond motifs is 1. The van der Waals surface area contributed by atoms with Crippen LogP contribution in [0.3, 0.4) is 0 Å². The highest BCUT2D eigenvalue weighted by Crippen LogP contribution is 2.29. The minimum Gasteiger partial charge on any atom is -0.312 e. The number of sulfonamides is 1. The predicted molar refractivity (Wildman–Crippen MR) is 99.4 cm³/mol. The summed E-state index contributed by atoms with van der Waals surface area (Å²) in [4.78, 5) is 13.7. The van der Waals surface area contributed by atoms with Gasteiger partial charge in [-0.2, -0.15) is 5.10 Å². The first-order chi connectivity index (χ1) is 12.4. The zero-order chi connectivity index (χ0) is 18.7. The van der Waals surface area contributed by atoms with Gasteiger partial charge in [-0.15, -0.1) is 0 Å². The molecule has 1 unspecified atom stereocenters. The third-order valence-corrected chi connectivity index (χ3v) is 5.96. The van der Waals surface area contributed by atoms with Crippen molar-refractivity contribution in [2.75, 3.05) is 18.0 Å². The number of rotatable bonds is 6. The Labute approximate surface area is 154 Å². The number of nitrogens with one attached hydrogen (secondary N) is 1. The molecule has 0 bridgehead atoms. The normalized spacial score (nSPS) is 15.5. The molecule has 0 radical (unpaired) electrons. The van der Waals surface area contributed by atoms with Gasteiger partial charge in [0.1, 0.15) is 0 Å². The second-order valence-electron chi connectivity index (χ2n) is 6.75. The molecule has 1 amide bonds. The summed E-state index contributed by atoms with van der Waals surface area (Å²) in [5.74, 6) is 0.0858. The highest BCUT2D eigenvalue weighted by Gasteiger charge is 2.23. The molecule has 2 aromatic rings. The molecule has 0 saturated carbocycles. The van der Waals surface area contributed by atoms with Gasteiger partial charge in [0, 0.05) is 44.6 Å². The fourth-order valence-corrected chi connectivity index (χ4v) is 4.41. The summed E-state index contributed by atoms with van der Waals surface area (Å²) in [7, 11) is -3.59. The van der Waals surface area contributed by atoms with Gasteiger partial charge in [-0.3, -0.25) is 9.48 Å². The fourth-order valence-electron chi connectivity index (χ4n) is 3.20. The third kappa shape index (κ3) is 4.13. The molecular weight excluding hydrogens is 352 g/mol. The molecule has 1 atom stereocenters. The van der Waals surface area contributed by atoms with Gasteiger partial charge >= 0.3 is 0 Å². The van der Waals surface area contributed by atoms with Gasteiger partial charge in [0.2, 0.25) is 15.9 Å². The molecule has 1 aromatic carbocycles. The molecule has 1 aliphatic rings. The molecule has 26 heavy (non-hydrogen) atoms. The third-order valence-electron chi connectivity index (χ3n) is 4.54. The number of hydrogen-bond acceptors (Lipinski definition) is 4. The predicted octanol–water partition coefficient (Wildman–Crippen LogP) is 1.80. The lowest BCUT2D eigenvalue weighted by Gasteiger charge is -2.28. The van der Waals surface area contributed by atoms with Crippen molar-refractivity contribution in [2.24, 2.45) is 5.92 Å². The number of benzene rings is 1. The van der Waals surface area contributed by atoms with E-state index in [0.29, 0.717) is 19.6 Å². The van der Waals surface area contributed by atoms with Crippen molar-refractivity contribution in [3.05, 3.63) is 42.2 Å². The van der Waals surface area contributed by atoms with Crippen molar-refractivity contribution in [3.63, 3.8) is 0 Å². The number of anilines is 1. The van der Waals surface area contributed by atoms with E-state index in [4.69, 9.17) is 0 Å². The molecule has 8 heteroatoms. The highest BCUT2D eigenvalue weighted by atomic mass is 32.2. The lowest BCUT2D eigenvalue weighted by Crippen LogP contribution is -2.34. The first kappa shape index (κ1) is 18.6. The summed E-state index contributed by atoms with van der Waals surface area (Å²) in [6.07, 6.45) is 5.17. The Bertz CT molecular complexity index is 878. The van der Waals surface area contributed by atoms with Gasteiger partial charge in [0.15, 0.2) is 0 Å². The average molecular weight is 376 g/mol. The summed E-state index contributed by atoms with van der Waals surface area (Å²) in [6.45, 7) is 5.16. The van der Waals surface area contributed by atoms with Crippen molar-refractivity contribution in [2.45, 2.75) is 38.1 Å². The minimum atomic E-state index is -3.59. The zero-order valence-electron chi connectivity index (χ0n) is 15.1. The van der Waals surface area contributed by atoms with Gasteiger partial charge in [-0.1, -0.05) is 6.92 Å². The van der Waals surface area contributed by atoms with Crippen molar-refractivity contribution >= 4 is 21.6 Å². The SMILES string of the molecule is CC(=O)N1CCCc2cc(S(=O)(=O)NCC(C)Cn3cccn3)ccc21. The molecule has 140 valence electrons. The summed E-state index contributed by atoms with van der Waals surface area (Å²) in [5.41, 5.74) is 1.72. The number of carbonyl (C=O) groups excluding carboxylic acids is 1. The number of amides is 1. The molecule has 1 N–H and O–H groups in total. The first-order valence-corrected chi connectivity index (χ1v) is 10.2. The summed E-state index contributed by atoms with van der Waals surface area (Å²) in [6, 6.07) is 6.83. The highest BCUT2D eigenvalue weighted by molar-refractivity contribution is 7.89. The largest absolute Gasteiger partial charge is 0.312 e. The monoisotopic (exact) mass is 376 g/mol. The number of hydrogen-bond donors (Lipinski definition) is 1. The van der Waals surface area contributed by atoms with E-state index < -0.39 is 10.0 Å². The minimum absolute atomic E-state index is 0.0212. The molecule has 0 fully saturated rings. The van der Waals surface area contributed by atoms with E-state index in [1.54, 1.807) is 34.0 Å². The maximum Gasteiger partial charge on any atom is 0.240 e. The van der Waals surface area contributed by atoms with Crippen LogP contribution in [-0.4, -0.2) is 37.2 Å². The van der Waals surface area contributed by atoms with Crippen LogP contribution in [0, 0.1) is 5.92 Å². The fraction of sp³-hybridized carbons (Fsp3) is 0.444. The maximum atomic E-state index is 12.6. The standard InChI is InChI=1S/C18H24N4O3S/c1-14(13-21-9-4-8-19-21)12-20-26(24,25)17-6-7-18-16(11-17)5-3-10-22(18)15(2)23/h4,6-9,11,14,20H,3,5,10,12-13H2,1-2H3. The Morgan fingerprint density at radius 3 is 2.88 bits per heavy atom. The lowest BCUT2D eigenvalue weighted by molar-refractivity contribution is -0.116. The number of carbonyl (C=O) groups is 1. The van der Waals surface area contributed by atoms with Crippen molar-refractivity contribution in [1.29, 1.82) is 0 Å². The summed E-state index contributed by atoms with van der Waals surface area (Å²) in [5, 5.41) is 4.14. The Morgan fingerprint density at radius 2 is 2.19 bits per heavy atom. The summed E-state index contributed by atoms with van der Waals surface area (Å²) < 4.78 is 29.7. The van der Waals surface area contributed by atoms with Crippen LogP contribution in [-0.2, 0) is 27.8 Å². The van der Waals surface area contributed by atoms with Gasteiger partial charge in [0.05, 0.1) is 4.90 Å². The molecule has 0 saturated heterocycles. The topological polar surface area (TPSA) is 84.3 Å². The van der Waals surface area contributed by atoms with Crippen molar-refractivity contribution in [1.82, 2.24) is 14.5 Å². The van der Waals surface area contributed by atoms with Crippen LogP contribution in [0.4, 0.5) is 5.69 Å². The molecule has 1 aliphatic heterocycles. The Hall–Kier alpha value is -2.19. The van der Waals surface area contributed by atoms with Crippen LogP contribution in [0.2, 0.25) is 0 Å². The maximum absolute atomic E-state index is 12.6. The van der Waals surface area contributed by atoms with Crippen molar-refractivity contribution < 1.29 is 13.2 Å². The van der Waals surface area contributed by atoms with Crippen LogP contribution in [0.5, 0.6) is 0 Å². The number of aromatic nitrogens is 2. The smallest absolute Gasteiger partial charge is 0.240 e. The summed E-state index contributed by atoms with van der Waals surface area (Å²) >= 11 is 0. The molecule has 2 heterocycles. The average Bonchev–Trinajstić information content (AvgIpc) is 3.12. The second kappa shape index (κ2) is 7.59. The zero-order valence-corrected chi connectivity index (χ0v) is 15.9. The molecular formula is C18H24N4O3S. The molecule has 7 nitrogen and oxygen atoms in total. The molecule has 0 aliphatic carbocycles. The van der Waals surface area contributed by atoms with E-state index in [9.17, 15) is 13.2 Å². The quantitative estimate of drug-likeness (QED) is 0.833. The van der Waals surface area contributed by atoms with Crippen LogP contribution in [0.15, 0.2) is 41.6 Å². The van der Waals surface area contributed by atoms with Crippen LogP contribution >= 0.6 is 0 Å². The van der Waals surface area contributed by atoms with Crippen LogP contribution in [0.1, 0.15) is 25.8 Å². The van der Waals surface area contributed by atoms with Gasteiger partial charge in [-0.25, -0.2) is 13.1 Å². The van der Waals surface area contributed by atoms with E-state index in [2.05, 4.69) is 9.82 Å². The van der Waals surface area contributed by atoms with E-state index in [0.717, 1.165) is 24.1 Å². The van der Waals surface area contributed by atoms with Gasteiger partial charge in [0.25, 0.3) is 0 Å². The first-order valence-electron chi connectivity index (χ1n) is 8.75. The van der Waals surface area contributed by atoms with E-state index >= 15 is 0 Å². The second-order valence-corrected chi connectivity index (χ2v) is 8.52.